The normalized spacial score (nSPS) is 12.6. The summed E-state index contributed by atoms with van der Waals surface area (Å²) >= 11 is 1.24. The lowest BCUT2D eigenvalue weighted by Gasteiger charge is -2.15. The molecule has 0 amide bonds. The van der Waals surface area contributed by atoms with Gasteiger partial charge in [-0.15, -0.1) is 0 Å². The largest absolute Gasteiger partial charge is 0.305 e. The molecule has 1 unspecified atom stereocenters. The van der Waals surface area contributed by atoms with Crippen LogP contribution in [0.15, 0.2) is 30.7 Å². The molecule has 2 aromatic heterocycles. The van der Waals surface area contributed by atoms with Crippen LogP contribution < -0.4 is 5.32 Å². The summed E-state index contributed by atoms with van der Waals surface area (Å²) in [6, 6.07) is 4.10. The Hall–Kier alpha value is -1.33. The Morgan fingerprint density at radius 3 is 3.00 bits per heavy atom. The van der Waals surface area contributed by atoms with E-state index >= 15 is 0 Å². The van der Waals surface area contributed by atoms with Gasteiger partial charge in [0.25, 0.3) is 0 Å². The van der Waals surface area contributed by atoms with Gasteiger partial charge in [0, 0.05) is 12.4 Å². The Labute approximate surface area is 99.1 Å². The van der Waals surface area contributed by atoms with Crippen molar-refractivity contribution in [2.45, 2.75) is 19.4 Å². The van der Waals surface area contributed by atoms with E-state index in [0.717, 1.165) is 24.2 Å². The van der Waals surface area contributed by atoms with Crippen LogP contribution in [0.25, 0.3) is 0 Å². The van der Waals surface area contributed by atoms with Crippen molar-refractivity contribution in [3.63, 3.8) is 0 Å². The number of hydrogen-bond donors (Lipinski definition) is 1. The molecule has 2 heterocycles. The van der Waals surface area contributed by atoms with Crippen LogP contribution in [-0.4, -0.2) is 20.3 Å². The highest BCUT2D eigenvalue weighted by Gasteiger charge is 2.15. The molecule has 84 valence electrons. The smallest absolute Gasteiger partial charge is 0.0958 e. The minimum Gasteiger partial charge on any atom is -0.305 e. The van der Waals surface area contributed by atoms with Crippen LogP contribution in [0, 0.1) is 0 Å². The molecule has 0 fully saturated rings. The first-order valence-corrected chi connectivity index (χ1v) is 6.05. The summed E-state index contributed by atoms with van der Waals surface area (Å²) in [7, 11) is 0. The Morgan fingerprint density at radius 2 is 2.38 bits per heavy atom. The lowest BCUT2D eigenvalue weighted by Crippen LogP contribution is -2.23. The topological polar surface area (TPSA) is 50.7 Å². The first-order chi connectivity index (χ1) is 7.92. The SMILES string of the molecule is CCCNC(c1cccnc1)c1cnsn1. The van der Waals surface area contributed by atoms with Gasteiger partial charge < -0.3 is 5.32 Å². The van der Waals surface area contributed by atoms with E-state index in [9.17, 15) is 0 Å². The average molecular weight is 234 g/mol. The summed E-state index contributed by atoms with van der Waals surface area (Å²) in [6.07, 6.45) is 6.55. The molecule has 0 aliphatic heterocycles. The van der Waals surface area contributed by atoms with Crippen molar-refractivity contribution in [3.8, 4) is 0 Å². The maximum atomic E-state index is 4.29. The van der Waals surface area contributed by atoms with Crippen LogP contribution in [-0.2, 0) is 0 Å². The van der Waals surface area contributed by atoms with Gasteiger partial charge in [0.2, 0.25) is 0 Å². The lowest BCUT2D eigenvalue weighted by atomic mass is 10.1. The van der Waals surface area contributed by atoms with Gasteiger partial charge in [-0.1, -0.05) is 13.0 Å². The zero-order chi connectivity index (χ0) is 11.2. The highest BCUT2D eigenvalue weighted by atomic mass is 32.1. The molecule has 4 nitrogen and oxygen atoms in total. The highest BCUT2D eigenvalue weighted by molar-refractivity contribution is 6.99. The van der Waals surface area contributed by atoms with E-state index < -0.39 is 0 Å². The third-order valence-electron chi connectivity index (χ3n) is 2.29. The molecule has 0 spiro atoms. The molecular formula is C11H14N4S. The molecular weight excluding hydrogens is 220 g/mol. The van der Waals surface area contributed by atoms with Crippen molar-refractivity contribution in [3.05, 3.63) is 42.0 Å². The Morgan fingerprint density at radius 1 is 1.44 bits per heavy atom. The second kappa shape index (κ2) is 5.67. The van der Waals surface area contributed by atoms with Crippen LogP contribution in [0.5, 0.6) is 0 Å². The van der Waals surface area contributed by atoms with Crippen molar-refractivity contribution in [1.82, 2.24) is 19.0 Å². The van der Waals surface area contributed by atoms with E-state index in [0.29, 0.717) is 0 Å². The van der Waals surface area contributed by atoms with Gasteiger partial charge in [-0.3, -0.25) is 4.98 Å². The van der Waals surface area contributed by atoms with E-state index in [4.69, 9.17) is 0 Å². The van der Waals surface area contributed by atoms with Crippen molar-refractivity contribution in [2.75, 3.05) is 6.54 Å². The predicted molar refractivity (Wildman–Crippen MR) is 64.3 cm³/mol. The number of hydrogen-bond acceptors (Lipinski definition) is 5. The Balaban J connectivity index is 2.21. The van der Waals surface area contributed by atoms with Crippen LogP contribution in [0.4, 0.5) is 0 Å². The number of pyridine rings is 1. The number of nitrogens with one attached hydrogen (secondary N) is 1. The molecule has 16 heavy (non-hydrogen) atoms. The van der Waals surface area contributed by atoms with Crippen molar-refractivity contribution >= 4 is 11.7 Å². The number of nitrogens with zero attached hydrogens (tertiary/aromatic N) is 3. The van der Waals surface area contributed by atoms with E-state index in [2.05, 4.69) is 32.0 Å². The Bertz CT molecular complexity index is 401. The second-order valence-electron chi connectivity index (χ2n) is 3.51. The monoisotopic (exact) mass is 234 g/mol. The number of aromatic nitrogens is 3. The van der Waals surface area contributed by atoms with Crippen LogP contribution in [0.1, 0.15) is 30.6 Å². The van der Waals surface area contributed by atoms with Gasteiger partial charge in [-0.2, -0.15) is 8.75 Å². The molecule has 1 atom stereocenters. The standard InChI is InChI=1S/C11H14N4S/c1-2-5-13-11(10-8-14-16-15-10)9-4-3-6-12-7-9/h3-4,6-8,11,13H,2,5H2,1H3. The first kappa shape index (κ1) is 11.2. The van der Waals surface area contributed by atoms with Crippen LogP contribution in [0.2, 0.25) is 0 Å². The summed E-state index contributed by atoms with van der Waals surface area (Å²) in [6.45, 7) is 3.10. The van der Waals surface area contributed by atoms with Gasteiger partial charge in [0.1, 0.15) is 0 Å². The van der Waals surface area contributed by atoms with Crippen molar-refractivity contribution < 1.29 is 0 Å². The summed E-state index contributed by atoms with van der Waals surface area (Å²) in [5.41, 5.74) is 2.09. The molecule has 0 aromatic carbocycles. The van der Waals surface area contributed by atoms with Crippen molar-refractivity contribution in [1.29, 1.82) is 0 Å². The third kappa shape index (κ3) is 2.62. The molecule has 2 aromatic rings. The average Bonchev–Trinajstić information content (AvgIpc) is 2.85. The quantitative estimate of drug-likeness (QED) is 0.860. The van der Waals surface area contributed by atoms with E-state index in [1.54, 1.807) is 6.20 Å². The van der Waals surface area contributed by atoms with Crippen LogP contribution >= 0.6 is 11.7 Å². The summed E-state index contributed by atoms with van der Waals surface area (Å²) in [5.74, 6) is 0. The zero-order valence-corrected chi connectivity index (χ0v) is 9.94. The molecule has 0 saturated heterocycles. The minimum absolute atomic E-state index is 0.104. The van der Waals surface area contributed by atoms with Crippen LogP contribution in [0.3, 0.4) is 0 Å². The van der Waals surface area contributed by atoms with E-state index in [1.165, 1.54) is 11.7 Å². The highest BCUT2D eigenvalue weighted by Crippen LogP contribution is 2.19. The molecule has 1 N–H and O–H groups in total. The first-order valence-electron chi connectivity index (χ1n) is 5.32. The lowest BCUT2D eigenvalue weighted by molar-refractivity contribution is 0.588. The third-order valence-corrected chi connectivity index (χ3v) is 2.78. The summed E-state index contributed by atoms with van der Waals surface area (Å²) in [4.78, 5) is 4.14. The van der Waals surface area contributed by atoms with Gasteiger partial charge in [0.15, 0.2) is 0 Å². The maximum absolute atomic E-state index is 4.29. The molecule has 0 aliphatic carbocycles. The Kier molecular flexibility index (Phi) is 3.96. The molecule has 2 rings (SSSR count). The zero-order valence-electron chi connectivity index (χ0n) is 9.13. The van der Waals surface area contributed by atoms with E-state index in [1.807, 2.05) is 18.5 Å². The van der Waals surface area contributed by atoms with Crippen molar-refractivity contribution in [2.24, 2.45) is 0 Å². The van der Waals surface area contributed by atoms with Gasteiger partial charge in [0.05, 0.1) is 29.7 Å². The maximum Gasteiger partial charge on any atom is 0.0958 e. The number of rotatable bonds is 5. The predicted octanol–water partition coefficient (Wildman–Crippen LogP) is 2.02. The second-order valence-corrected chi connectivity index (χ2v) is 4.06. The summed E-state index contributed by atoms with van der Waals surface area (Å²) < 4.78 is 8.33. The molecule has 0 radical (unpaired) electrons. The fraction of sp³-hybridized carbons (Fsp3) is 0.364. The molecule has 5 heteroatoms. The van der Waals surface area contributed by atoms with Gasteiger partial charge in [-0.25, -0.2) is 0 Å². The molecule has 0 saturated carbocycles. The fourth-order valence-corrected chi connectivity index (χ4v) is 1.98. The van der Waals surface area contributed by atoms with E-state index in [-0.39, 0.29) is 6.04 Å². The minimum atomic E-state index is 0.104. The fourth-order valence-electron chi connectivity index (χ4n) is 1.53. The summed E-state index contributed by atoms with van der Waals surface area (Å²) in [5, 5.41) is 3.45. The molecule has 0 aliphatic rings. The van der Waals surface area contributed by atoms with Gasteiger partial charge in [-0.05, 0) is 24.6 Å². The van der Waals surface area contributed by atoms with Gasteiger partial charge >= 0.3 is 0 Å². The molecule has 0 bridgehead atoms.